The second-order valence-electron chi connectivity index (χ2n) is 5.50. The maximum absolute atomic E-state index is 12.5. The summed E-state index contributed by atoms with van der Waals surface area (Å²) in [5, 5.41) is 18.2. The third kappa shape index (κ3) is 3.85. The van der Waals surface area contributed by atoms with Gasteiger partial charge < -0.3 is 20.0 Å². The van der Waals surface area contributed by atoms with Crippen molar-refractivity contribution in [3.8, 4) is 0 Å². The lowest BCUT2D eigenvalue weighted by Gasteiger charge is -2.45. The number of carboxylic acid groups (broad SMARTS) is 1. The zero-order valence-corrected chi connectivity index (χ0v) is 12.5. The van der Waals surface area contributed by atoms with Gasteiger partial charge in [0.15, 0.2) is 0 Å². The number of nitrogens with zero attached hydrogens (tertiary/aromatic N) is 2. The first kappa shape index (κ1) is 16.8. The number of carbonyl (C=O) groups excluding carboxylic acids is 1. The molecule has 1 saturated carbocycles. The highest BCUT2D eigenvalue weighted by atomic mass is 16.4. The van der Waals surface area contributed by atoms with Crippen LogP contribution < -0.4 is 0 Å². The SMILES string of the molecule is CCN(CCO)C(=O)N(C)C1(CC(=O)O)CCCCC1. The van der Waals surface area contributed by atoms with Crippen molar-refractivity contribution in [2.24, 2.45) is 0 Å². The molecule has 0 aromatic carbocycles. The lowest BCUT2D eigenvalue weighted by Crippen LogP contribution is -2.56. The summed E-state index contributed by atoms with van der Waals surface area (Å²) >= 11 is 0. The second-order valence-corrected chi connectivity index (χ2v) is 5.50. The molecule has 0 heterocycles. The van der Waals surface area contributed by atoms with Crippen molar-refractivity contribution in [2.45, 2.75) is 51.0 Å². The second kappa shape index (κ2) is 7.47. The number of carbonyl (C=O) groups is 2. The van der Waals surface area contributed by atoms with Gasteiger partial charge in [0, 0.05) is 20.1 Å². The average molecular weight is 286 g/mol. The summed E-state index contributed by atoms with van der Waals surface area (Å²) in [6.45, 7) is 2.56. The van der Waals surface area contributed by atoms with Crippen LogP contribution in [0, 0.1) is 0 Å². The van der Waals surface area contributed by atoms with Gasteiger partial charge in [-0.1, -0.05) is 19.3 Å². The molecule has 0 unspecified atom stereocenters. The van der Waals surface area contributed by atoms with Crippen molar-refractivity contribution >= 4 is 12.0 Å². The van der Waals surface area contributed by atoms with Gasteiger partial charge in [-0.3, -0.25) is 4.79 Å². The Morgan fingerprint density at radius 2 is 1.80 bits per heavy atom. The van der Waals surface area contributed by atoms with Gasteiger partial charge in [0.05, 0.1) is 18.6 Å². The monoisotopic (exact) mass is 286 g/mol. The molecule has 0 aromatic heterocycles. The van der Waals surface area contributed by atoms with E-state index < -0.39 is 11.5 Å². The van der Waals surface area contributed by atoms with E-state index in [-0.39, 0.29) is 25.6 Å². The van der Waals surface area contributed by atoms with E-state index in [0.29, 0.717) is 6.54 Å². The zero-order chi connectivity index (χ0) is 15.2. The number of aliphatic hydroxyl groups excluding tert-OH is 1. The molecule has 0 bridgehead atoms. The number of hydrogen-bond acceptors (Lipinski definition) is 3. The molecule has 2 N–H and O–H groups in total. The molecule has 1 rings (SSSR count). The fourth-order valence-electron chi connectivity index (χ4n) is 3.05. The Labute approximate surface area is 120 Å². The molecule has 116 valence electrons. The van der Waals surface area contributed by atoms with E-state index in [1.807, 2.05) is 6.92 Å². The minimum Gasteiger partial charge on any atom is -0.481 e. The number of likely N-dealkylation sites (N-methyl/N-ethyl adjacent to an activating group) is 1. The van der Waals surface area contributed by atoms with Crippen LogP contribution in [0.2, 0.25) is 0 Å². The molecule has 0 spiro atoms. The van der Waals surface area contributed by atoms with Crippen LogP contribution in [0.4, 0.5) is 4.79 Å². The zero-order valence-electron chi connectivity index (χ0n) is 12.5. The lowest BCUT2D eigenvalue weighted by atomic mass is 9.78. The molecule has 20 heavy (non-hydrogen) atoms. The Morgan fingerprint density at radius 1 is 1.20 bits per heavy atom. The normalized spacial score (nSPS) is 17.6. The number of aliphatic hydroxyl groups is 1. The molecule has 0 saturated heterocycles. The van der Waals surface area contributed by atoms with E-state index in [1.165, 1.54) is 0 Å². The topological polar surface area (TPSA) is 81.1 Å². The van der Waals surface area contributed by atoms with E-state index in [0.717, 1.165) is 32.1 Å². The van der Waals surface area contributed by atoms with E-state index in [1.54, 1.807) is 16.8 Å². The summed E-state index contributed by atoms with van der Waals surface area (Å²) in [4.78, 5) is 26.8. The summed E-state index contributed by atoms with van der Waals surface area (Å²) in [7, 11) is 1.69. The van der Waals surface area contributed by atoms with Crippen LogP contribution >= 0.6 is 0 Å². The van der Waals surface area contributed by atoms with Crippen molar-refractivity contribution in [2.75, 3.05) is 26.7 Å². The Morgan fingerprint density at radius 3 is 2.25 bits per heavy atom. The fourth-order valence-corrected chi connectivity index (χ4v) is 3.05. The van der Waals surface area contributed by atoms with Gasteiger partial charge in [0.2, 0.25) is 0 Å². The molecule has 2 amide bonds. The Bertz CT molecular complexity index is 340. The highest BCUT2D eigenvalue weighted by molar-refractivity contribution is 5.77. The van der Waals surface area contributed by atoms with E-state index >= 15 is 0 Å². The molecular formula is C14H26N2O4. The molecule has 6 heteroatoms. The highest BCUT2D eigenvalue weighted by Gasteiger charge is 2.41. The molecule has 0 aliphatic heterocycles. The molecule has 1 fully saturated rings. The Hall–Kier alpha value is -1.30. The average Bonchev–Trinajstić information content (AvgIpc) is 2.43. The van der Waals surface area contributed by atoms with Gasteiger partial charge in [-0.25, -0.2) is 4.79 Å². The quantitative estimate of drug-likeness (QED) is 0.776. The molecular weight excluding hydrogens is 260 g/mol. The Balaban J connectivity index is 2.88. The van der Waals surface area contributed by atoms with Crippen LogP contribution in [0.25, 0.3) is 0 Å². The van der Waals surface area contributed by atoms with Gasteiger partial charge in [0.1, 0.15) is 0 Å². The van der Waals surface area contributed by atoms with Crippen molar-refractivity contribution in [1.82, 2.24) is 9.80 Å². The van der Waals surface area contributed by atoms with E-state index in [9.17, 15) is 9.59 Å². The summed E-state index contributed by atoms with van der Waals surface area (Å²) in [5.41, 5.74) is -0.579. The summed E-state index contributed by atoms with van der Waals surface area (Å²) < 4.78 is 0. The molecule has 6 nitrogen and oxygen atoms in total. The van der Waals surface area contributed by atoms with Crippen molar-refractivity contribution in [3.05, 3.63) is 0 Å². The van der Waals surface area contributed by atoms with Crippen LogP contribution in [-0.4, -0.2) is 64.3 Å². The number of urea groups is 1. The maximum atomic E-state index is 12.5. The predicted molar refractivity (Wildman–Crippen MR) is 75.6 cm³/mol. The summed E-state index contributed by atoms with van der Waals surface area (Å²) in [6, 6.07) is -0.190. The van der Waals surface area contributed by atoms with Crippen LogP contribution in [0.15, 0.2) is 0 Å². The lowest BCUT2D eigenvalue weighted by molar-refractivity contribution is -0.140. The van der Waals surface area contributed by atoms with Gasteiger partial charge in [-0.15, -0.1) is 0 Å². The van der Waals surface area contributed by atoms with Crippen molar-refractivity contribution in [3.63, 3.8) is 0 Å². The first-order chi connectivity index (χ1) is 9.46. The number of rotatable bonds is 6. The molecule has 1 aliphatic carbocycles. The standard InChI is InChI=1S/C14H26N2O4/c1-3-16(9-10-17)13(20)15(2)14(11-12(18)19)7-5-4-6-8-14/h17H,3-11H2,1-2H3,(H,18,19). The van der Waals surface area contributed by atoms with Gasteiger partial charge >= 0.3 is 12.0 Å². The number of amides is 2. The first-order valence-electron chi connectivity index (χ1n) is 7.32. The molecule has 0 atom stereocenters. The third-order valence-electron chi connectivity index (χ3n) is 4.29. The molecule has 1 aliphatic rings. The molecule has 0 aromatic rings. The largest absolute Gasteiger partial charge is 0.481 e. The van der Waals surface area contributed by atoms with E-state index in [4.69, 9.17) is 10.2 Å². The smallest absolute Gasteiger partial charge is 0.320 e. The van der Waals surface area contributed by atoms with Gasteiger partial charge in [-0.2, -0.15) is 0 Å². The first-order valence-corrected chi connectivity index (χ1v) is 7.32. The molecule has 0 radical (unpaired) electrons. The Kier molecular flexibility index (Phi) is 6.26. The van der Waals surface area contributed by atoms with Crippen LogP contribution in [-0.2, 0) is 4.79 Å². The maximum Gasteiger partial charge on any atom is 0.320 e. The van der Waals surface area contributed by atoms with Crippen LogP contribution in [0.3, 0.4) is 0 Å². The van der Waals surface area contributed by atoms with Crippen molar-refractivity contribution in [1.29, 1.82) is 0 Å². The van der Waals surface area contributed by atoms with Crippen LogP contribution in [0.5, 0.6) is 0 Å². The van der Waals surface area contributed by atoms with Gasteiger partial charge in [0.25, 0.3) is 0 Å². The third-order valence-corrected chi connectivity index (χ3v) is 4.29. The number of hydrogen-bond donors (Lipinski definition) is 2. The van der Waals surface area contributed by atoms with E-state index in [2.05, 4.69) is 0 Å². The summed E-state index contributed by atoms with van der Waals surface area (Å²) in [6.07, 6.45) is 4.47. The van der Waals surface area contributed by atoms with Gasteiger partial charge in [-0.05, 0) is 19.8 Å². The minimum absolute atomic E-state index is 0.00802. The number of carboxylic acids is 1. The van der Waals surface area contributed by atoms with Crippen molar-refractivity contribution < 1.29 is 19.8 Å². The summed E-state index contributed by atoms with van der Waals surface area (Å²) in [5.74, 6) is -0.864. The fraction of sp³-hybridized carbons (Fsp3) is 0.857. The number of aliphatic carboxylic acids is 1. The minimum atomic E-state index is -0.864. The highest BCUT2D eigenvalue weighted by Crippen LogP contribution is 2.36. The predicted octanol–water partition coefficient (Wildman–Crippen LogP) is 1.53. The van der Waals surface area contributed by atoms with Crippen LogP contribution in [0.1, 0.15) is 45.4 Å².